The van der Waals surface area contributed by atoms with E-state index in [4.69, 9.17) is 14.2 Å². The lowest BCUT2D eigenvalue weighted by atomic mass is 10.1. The number of methoxy groups -OCH3 is 2. The number of nitrogens with one attached hydrogen (secondary N) is 1. The van der Waals surface area contributed by atoms with Crippen LogP contribution in [-0.2, 0) is 24.4 Å². The van der Waals surface area contributed by atoms with Crippen LogP contribution in [0.15, 0.2) is 47.3 Å². The molecule has 0 amide bonds. The van der Waals surface area contributed by atoms with Crippen LogP contribution >= 0.6 is 0 Å². The zero-order chi connectivity index (χ0) is 25.8. The molecular formula is C26H29FN6O4. The minimum atomic E-state index is -0.292. The van der Waals surface area contributed by atoms with Gasteiger partial charge in [0.05, 0.1) is 38.9 Å². The third-order valence-electron chi connectivity index (χ3n) is 6.52. The molecule has 2 aromatic carbocycles. The summed E-state index contributed by atoms with van der Waals surface area (Å²) in [6, 6.07) is 11.7. The van der Waals surface area contributed by atoms with Gasteiger partial charge in [-0.15, -0.1) is 5.10 Å². The lowest BCUT2D eigenvalue weighted by Gasteiger charge is -2.24. The predicted octanol–water partition coefficient (Wildman–Crippen LogP) is 2.90. The Labute approximate surface area is 213 Å². The molecule has 10 nitrogen and oxygen atoms in total. The SMILES string of the molecule is COc1cc2cc(CN(Cc3nnnn3Cc3ccc(F)cc3)C[C@H]3CCCO3)c(=O)[nH]c2cc1OC. The number of ether oxygens (including phenoxy) is 3. The average Bonchev–Trinajstić information content (AvgIpc) is 3.57. The van der Waals surface area contributed by atoms with E-state index in [1.807, 2.05) is 12.1 Å². The fraction of sp³-hybridized carbons (Fsp3) is 0.385. The standard InChI is InChI=1S/C26H29FN6O4/c1-35-23-11-18-10-19(26(34)28-22(18)12-24(23)36-2)14-32(15-21-4-3-9-37-21)16-25-29-30-31-33(25)13-17-5-7-20(27)8-6-17/h5-8,10-12,21H,3-4,9,13-16H2,1-2H3,(H,28,34)/t21-/m1/s1. The molecule has 1 fully saturated rings. The largest absolute Gasteiger partial charge is 0.493 e. The van der Waals surface area contributed by atoms with Crippen molar-refractivity contribution in [2.75, 3.05) is 27.4 Å². The highest BCUT2D eigenvalue weighted by molar-refractivity contribution is 5.83. The highest BCUT2D eigenvalue weighted by atomic mass is 19.1. The molecule has 1 N–H and O–H groups in total. The first-order chi connectivity index (χ1) is 18.0. The van der Waals surface area contributed by atoms with E-state index >= 15 is 0 Å². The number of aromatic amines is 1. The lowest BCUT2D eigenvalue weighted by molar-refractivity contribution is 0.0663. The number of pyridine rings is 1. The maximum atomic E-state index is 13.3. The summed E-state index contributed by atoms with van der Waals surface area (Å²) >= 11 is 0. The fourth-order valence-corrected chi connectivity index (χ4v) is 4.62. The van der Waals surface area contributed by atoms with Gasteiger partial charge in [0.2, 0.25) is 0 Å². The maximum Gasteiger partial charge on any atom is 0.252 e. The molecule has 0 unspecified atom stereocenters. The van der Waals surface area contributed by atoms with Gasteiger partial charge in [-0.2, -0.15) is 0 Å². The second-order valence-electron chi connectivity index (χ2n) is 9.10. The van der Waals surface area contributed by atoms with E-state index in [2.05, 4.69) is 25.4 Å². The van der Waals surface area contributed by atoms with Crippen molar-refractivity contribution in [1.82, 2.24) is 30.1 Å². The number of halogens is 1. The number of fused-ring (bicyclic) bond motifs is 1. The van der Waals surface area contributed by atoms with Crippen LogP contribution in [0.2, 0.25) is 0 Å². The molecular weight excluding hydrogens is 479 g/mol. The molecule has 0 radical (unpaired) electrons. The molecule has 3 heterocycles. The topological polar surface area (TPSA) is 107 Å². The number of hydrogen-bond acceptors (Lipinski definition) is 8. The van der Waals surface area contributed by atoms with Gasteiger partial charge in [-0.1, -0.05) is 12.1 Å². The Balaban J connectivity index is 1.41. The number of benzene rings is 2. The summed E-state index contributed by atoms with van der Waals surface area (Å²) < 4.78 is 31.7. The first-order valence-corrected chi connectivity index (χ1v) is 12.1. The minimum absolute atomic E-state index is 0.0744. The number of rotatable bonds is 10. The van der Waals surface area contributed by atoms with Gasteiger partial charge >= 0.3 is 0 Å². The monoisotopic (exact) mass is 508 g/mol. The molecule has 11 heteroatoms. The van der Waals surface area contributed by atoms with Crippen molar-refractivity contribution >= 4 is 10.9 Å². The highest BCUT2D eigenvalue weighted by Crippen LogP contribution is 2.31. The van der Waals surface area contributed by atoms with Gasteiger partial charge in [-0.3, -0.25) is 9.69 Å². The van der Waals surface area contributed by atoms with E-state index in [-0.39, 0.29) is 17.5 Å². The number of nitrogens with zero attached hydrogens (tertiary/aromatic N) is 5. The van der Waals surface area contributed by atoms with E-state index in [0.717, 1.165) is 30.4 Å². The van der Waals surface area contributed by atoms with Crippen molar-refractivity contribution in [1.29, 1.82) is 0 Å². The Morgan fingerprint density at radius 3 is 2.65 bits per heavy atom. The van der Waals surface area contributed by atoms with Crippen LogP contribution < -0.4 is 15.0 Å². The van der Waals surface area contributed by atoms with Crippen molar-refractivity contribution in [3.05, 3.63) is 75.6 Å². The zero-order valence-electron chi connectivity index (χ0n) is 20.8. The van der Waals surface area contributed by atoms with Crippen molar-refractivity contribution in [2.45, 2.75) is 38.6 Å². The Hall–Kier alpha value is -3.83. The van der Waals surface area contributed by atoms with Crippen LogP contribution in [0, 0.1) is 5.82 Å². The molecule has 5 rings (SSSR count). The minimum Gasteiger partial charge on any atom is -0.493 e. The maximum absolute atomic E-state index is 13.3. The summed E-state index contributed by atoms with van der Waals surface area (Å²) in [6.45, 7) is 2.57. The zero-order valence-corrected chi connectivity index (χ0v) is 20.8. The van der Waals surface area contributed by atoms with Crippen molar-refractivity contribution in [3.63, 3.8) is 0 Å². The molecule has 0 aliphatic carbocycles. The van der Waals surface area contributed by atoms with E-state index in [9.17, 15) is 9.18 Å². The van der Waals surface area contributed by atoms with Crippen molar-refractivity contribution in [3.8, 4) is 11.5 Å². The molecule has 37 heavy (non-hydrogen) atoms. The molecule has 0 spiro atoms. The number of aromatic nitrogens is 5. The summed E-state index contributed by atoms with van der Waals surface area (Å²) in [4.78, 5) is 18.1. The first-order valence-electron chi connectivity index (χ1n) is 12.1. The summed E-state index contributed by atoms with van der Waals surface area (Å²) in [5.41, 5.74) is 1.98. The van der Waals surface area contributed by atoms with Gasteiger partial charge in [-0.05, 0) is 53.1 Å². The van der Waals surface area contributed by atoms with Gasteiger partial charge in [0.1, 0.15) is 5.82 Å². The summed E-state index contributed by atoms with van der Waals surface area (Å²) in [7, 11) is 3.14. The average molecular weight is 509 g/mol. The summed E-state index contributed by atoms with van der Waals surface area (Å²) in [5.74, 6) is 1.49. The van der Waals surface area contributed by atoms with Gasteiger partial charge < -0.3 is 19.2 Å². The lowest BCUT2D eigenvalue weighted by Crippen LogP contribution is -2.34. The van der Waals surface area contributed by atoms with E-state index in [0.29, 0.717) is 54.6 Å². The van der Waals surface area contributed by atoms with Gasteiger partial charge in [0.15, 0.2) is 17.3 Å². The fourth-order valence-electron chi connectivity index (χ4n) is 4.62. The second-order valence-corrected chi connectivity index (χ2v) is 9.10. The molecule has 4 aromatic rings. The Morgan fingerprint density at radius 1 is 1.14 bits per heavy atom. The van der Waals surface area contributed by atoms with Crippen molar-refractivity contribution < 1.29 is 18.6 Å². The molecule has 1 aliphatic rings. The molecule has 0 saturated carbocycles. The van der Waals surface area contributed by atoms with E-state index in [1.165, 1.54) is 12.1 Å². The number of H-pyrrole nitrogens is 1. The van der Waals surface area contributed by atoms with Crippen LogP contribution in [0.5, 0.6) is 11.5 Å². The normalized spacial score (nSPS) is 15.5. The third kappa shape index (κ3) is 5.78. The molecule has 1 atom stereocenters. The quantitative estimate of drug-likeness (QED) is 0.349. The molecule has 2 aromatic heterocycles. The van der Waals surface area contributed by atoms with Crippen molar-refractivity contribution in [2.24, 2.45) is 0 Å². The van der Waals surface area contributed by atoms with Gasteiger partial charge in [0, 0.05) is 36.7 Å². The number of hydrogen-bond donors (Lipinski definition) is 1. The number of tetrazole rings is 1. The smallest absolute Gasteiger partial charge is 0.252 e. The highest BCUT2D eigenvalue weighted by Gasteiger charge is 2.22. The molecule has 1 saturated heterocycles. The molecule has 1 aliphatic heterocycles. The van der Waals surface area contributed by atoms with Gasteiger partial charge in [-0.25, -0.2) is 9.07 Å². The third-order valence-corrected chi connectivity index (χ3v) is 6.52. The first kappa shape index (κ1) is 24.8. The van der Waals surface area contributed by atoms with Crippen LogP contribution in [0.1, 0.15) is 29.8 Å². The molecule has 194 valence electrons. The van der Waals surface area contributed by atoms with Crippen LogP contribution in [-0.4, -0.2) is 63.6 Å². The second kappa shape index (κ2) is 11.1. The van der Waals surface area contributed by atoms with E-state index < -0.39 is 0 Å². The van der Waals surface area contributed by atoms with Gasteiger partial charge in [0.25, 0.3) is 5.56 Å². The van der Waals surface area contributed by atoms with E-state index in [1.54, 1.807) is 37.1 Å². The van der Waals surface area contributed by atoms with Crippen LogP contribution in [0.4, 0.5) is 4.39 Å². The Bertz CT molecular complexity index is 1420. The summed E-state index contributed by atoms with van der Waals surface area (Å²) in [6.07, 6.45) is 2.05. The van der Waals surface area contributed by atoms with Crippen LogP contribution in [0.3, 0.4) is 0 Å². The Morgan fingerprint density at radius 2 is 1.92 bits per heavy atom. The summed E-state index contributed by atoms with van der Waals surface area (Å²) in [5, 5.41) is 13.1. The Kier molecular flexibility index (Phi) is 7.42. The predicted molar refractivity (Wildman–Crippen MR) is 134 cm³/mol. The van der Waals surface area contributed by atoms with Crippen LogP contribution in [0.25, 0.3) is 10.9 Å². The molecule has 0 bridgehead atoms.